The number of nitrogens with zero attached hydrogens (tertiary/aromatic N) is 1. The van der Waals surface area contributed by atoms with Gasteiger partial charge in [-0.2, -0.15) is 0 Å². The van der Waals surface area contributed by atoms with Crippen LogP contribution >= 0.6 is 0 Å². The van der Waals surface area contributed by atoms with Gasteiger partial charge >= 0.3 is 0 Å². The molecular formula is C14H16N2. The second kappa shape index (κ2) is 3.87. The number of benzene rings is 1. The van der Waals surface area contributed by atoms with E-state index in [0.717, 1.165) is 6.54 Å². The highest BCUT2D eigenvalue weighted by Gasteiger charge is 2.25. The Hall–Kier alpha value is -1.41. The Bertz CT molecular complexity index is 502. The normalized spacial score (nSPS) is 25.1. The quantitative estimate of drug-likeness (QED) is 0.786. The highest BCUT2D eigenvalue weighted by molar-refractivity contribution is 5.85. The first-order chi connectivity index (χ1) is 7.86. The fourth-order valence-electron chi connectivity index (χ4n) is 2.72. The van der Waals surface area contributed by atoms with Gasteiger partial charge in [0.05, 0.1) is 0 Å². The van der Waals surface area contributed by atoms with Crippen LogP contribution < -0.4 is 5.32 Å². The van der Waals surface area contributed by atoms with Crippen molar-refractivity contribution in [3.63, 3.8) is 0 Å². The van der Waals surface area contributed by atoms with Gasteiger partial charge in [0.2, 0.25) is 0 Å². The molecule has 2 heteroatoms. The van der Waals surface area contributed by atoms with E-state index in [9.17, 15) is 0 Å². The van der Waals surface area contributed by atoms with Gasteiger partial charge in [0.15, 0.2) is 0 Å². The van der Waals surface area contributed by atoms with E-state index in [2.05, 4.69) is 41.5 Å². The number of hydrogen-bond donors (Lipinski definition) is 1. The summed E-state index contributed by atoms with van der Waals surface area (Å²) in [4.78, 5) is 4.36. The molecule has 1 N–H and O–H groups in total. The van der Waals surface area contributed by atoms with Gasteiger partial charge in [-0.25, -0.2) is 0 Å². The lowest BCUT2D eigenvalue weighted by Gasteiger charge is -2.17. The summed E-state index contributed by atoms with van der Waals surface area (Å²) < 4.78 is 0. The van der Waals surface area contributed by atoms with Crippen LogP contribution in [0.25, 0.3) is 10.8 Å². The van der Waals surface area contributed by atoms with Gasteiger partial charge in [-0.15, -0.1) is 0 Å². The monoisotopic (exact) mass is 212 g/mol. The largest absolute Gasteiger partial charge is 0.314 e. The molecule has 16 heavy (non-hydrogen) atoms. The molecule has 2 nitrogen and oxygen atoms in total. The Kier molecular flexibility index (Phi) is 2.37. The number of pyridine rings is 1. The Morgan fingerprint density at radius 3 is 2.94 bits per heavy atom. The predicted octanol–water partition coefficient (Wildman–Crippen LogP) is 2.70. The highest BCUT2D eigenvalue weighted by atomic mass is 14.9. The van der Waals surface area contributed by atoms with E-state index in [4.69, 9.17) is 0 Å². The van der Waals surface area contributed by atoms with E-state index < -0.39 is 0 Å². The second-order valence-corrected chi connectivity index (χ2v) is 4.59. The predicted molar refractivity (Wildman–Crippen MR) is 66.6 cm³/mol. The van der Waals surface area contributed by atoms with Crippen molar-refractivity contribution < 1.29 is 0 Å². The molecule has 0 amide bonds. The van der Waals surface area contributed by atoms with Gasteiger partial charge in [-0.05, 0) is 30.8 Å². The molecule has 0 bridgehead atoms. The molecule has 2 unspecified atom stereocenters. The van der Waals surface area contributed by atoms with E-state index in [1.807, 2.05) is 12.4 Å². The molecule has 2 heterocycles. The van der Waals surface area contributed by atoms with Gasteiger partial charge < -0.3 is 5.32 Å². The van der Waals surface area contributed by atoms with Gasteiger partial charge in [0.25, 0.3) is 0 Å². The zero-order chi connectivity index (χ0) is 11.0. The first kappa shape index (κ1) is 9.79. The van der Waals surface area contributed by atoms with Crippen molar-refractivity contribution in [2.24, 2.45) is 0 Å². The summed E-state index contributed by atoms with van der Waals surface area (Å²) in [6.07, 6.45) is 5.21. The van der Waals surface area contributed by atoms with E-state index in [1.165, 1.54) is 22.8 Å². The molecule has 1 aromatic carbocycles. The summed E-state index contributed by atoms with van der Waals surface area (Å²) in [6.45, 7) is 3.38. The third kappa shape index (κ3) is 1.50. The van der Waals surface area contributed by atoms with Crippen LogP contribution in [-0.4, -0.2) is 17.6 Å². The number of rotatable bonds is 1. The zero-order valence-corrected chi connectivity index (χ0v) is 9.48. The minimum absolute atomic E-state index is 0.563. The van der Waals surface area contributed by atoms with Crippen molar-refractivity contribution in [1.82, 2.24) is 10.3 Å². The average molecular weight is 212 g/mol. The lowest BCUT2D eigenvalue weighted by Crippen LogP contribution is -2.21. The van der Waals surface area contributed by atoms with Crippen molar-refractivity contribution in [2.75, 3.05) is 6.54 Å². The summed E-state index contributed by atoms with van der Waals surface area (Å²) in [6, 6.07) is 9.09. The van der Waals surface area contributed by atoms with E-state index in [-0.39, 0.29) is 0 Å². The molecule has 2 atom stereocenters. The van der Waals surface area contributed by atoms with Crippen LogP contribution in [0, 0.1) is 0 Å². The zero-order valence-electron chi connectivity index (χ0n) is 9.48. The Labute approximate surface area is 95.7 Å². The molecule has 3 rings (SSSR count). The molecule has 0 saturated carbocycles. The highest BCUT2D eigenvalue weighted by Crippen LogP contribution is 2.31. The molecule has 0 aliphatic carbocycles. The number of fused-ring (bicyclic) bond motifs is 1. The van der Waals surface area contributed by atoms with Crippen LogP contribution in [0.5, 0.6) is 0 Å². The van der Waals surface area contributed by atoms with Crippen LogP contribution in [0.4, 0.5) is 0 Å². The van der Waals surface area contributed by atoms with Crippen LogP contribution in [0.15, 0.2) is 36.7 Å². The third-order valence-electron chi connectivity index (χ3n) is 3.62. The van der Waals surface area contributed by atoms with E-state index in [0.29, 0.717) is 12.0 Å². The molecule has 0 radical (unpaired) electrons. The minimum Gasteiger partial charge on any atom is -0.314 e. The minimum atomic E-state index is 0.563. The lowest BCUT2D eigenvalue weighted by molar-refractivity contribution is 0.596. The Morgan fingerprint density at radius 1 is 1.25 bits per heavy atom. The van der Waals surface area contributed by atoms with Crippen LogP contribution in [0.3, 0.4) is 0 Å². The lowest BCUT2D eigenvalue weighted by atomic mass is 9.90. The number of nitrogens with one attached hydrogen (secondary N) is 1. The maximum Gasteiger partial charge on any atom is 0.0346 e. The van der Waals surface area contributed by atoms with E-state index in [1.54, 1.807) is 0 Å². The molecule has 2 aromatic rings. The first-order valence-electron chi connectivity index (χ1n) is 5.92. The van der Waals surface area contributed by atoms with Gasteiger partial charge in [0.1, 0.15) is 0 Å². The van der Waals surface area contributed by atoms with E-state index >= 15 is 0 Å². The van der Waals surface area contributed by atoms with Crippen molar-refractivity contribution in [1.29, 1.82) is 0 Å². The molecule has 1 aliphatic heterocycles. The maximum absolute atomic E-state index is 4.36. The molecule has 0 spiro atoms. The van der Waals surface area contributed by atoms with Gasteiger partial charge in [0, 0.05) is 29.7 Å². The van der Waals surface area contributed by atoms with Crippen LogP contribution in [-0.2, 0) is 0 Å². The molecule has 1 saturated heterocycles. The summed E-state index contributed by atoms with van der Waals surface area (Å²) in [5.41, 5.74) is 1.40. The van der Waals surface area contributed by atoms with Crippen molar-refractivity contribution >= 4 is 10.8 Å². The average Bonchev–Trinajstić information content (AvgIpc) is 2.75. The Morgan fingerprint density at radius 2 is 2.12 bits per heavy atom. The standard InChI is InChI=1S/C14H16N2/c1-10-12(6-7-16-10)14-9-15-8-11-4-2-3-5-13(11)14/h2-5,8-10,12,16H,6-7H2,1H3. The molecule has 1 fully saturated rings. The summed E-state index contributed by atoms with van der Waals surface area (Å²) in [5.74, 6) is 0.610. The topological polar surface area (TPSA) is 24.9 Å². The van der Waals surface area contributed by atoms with Crippen molar-refractivity contribution in [3.8, 4) is 0 Å². The summed E-state index contributed by atoms with van der Waals surface area (Å²) in [7, 11) is 0. The van der Waals surface area contributed by atoms with Gasteiger partial charge in [-0.3, -0.25) is 4.98 Å². The number of aromatic nitrogens is 1. The maximum atomic E-state index is 4.36. The van der Waals surface area contributed by atoms with Crippen LogP contribution in [0.1, 0.15) is 24.8 Å². The first-order valence-corrected chi connectivity index (χ1v) is 5.92. The third-order valence-corrected chi connectivity index (χ3v) is 3.62. The number of hydrogen-bond acceptors (Lipinski definition) is 2. The summed E-state index contributed by atoms with van der Waals surface area (Å²) >= 11 is 0. The smallest absolute Gasteiger partial charge is 0.0346 e. The summed E-state index contributed by atoms with van der Waals surface area (Å²) in [5, 5.41) is 6.11. The fourth-order valence-corrected chi connectivity index (χ4v) is 2.72. The second-order valence-electron chi connectivity index (χ2n) is 4.59. The molecular weight excluding hydrogens is 196 g/mol. The molecule has 82 valence electrons. The SMILES string of the molecule is CC1NCCC1c1cncc2ccccc12. The van der Waals surface area contributed by atoms with Crippen LogP contribution in [0.2, 0.25) is 0 Å². The molecule has 1 aliphatic rings. The van der Waals surface area contributed by atoms with Crippen molar-refractivity contribution in [3.05, 3.63) is 42.2 Å². The van der Waals surface area contributed by atoms with Crippen molar-refractivity contribution in [2.45, 2.75) is 25.3 Å². The molecule has 1 aromatic heterocycles. The van der Waals surface area contributed by atoms with Gasteiger partial charge in [-0.1, -0.05) is 24.3 Å². The Balaban J connectivity index is 2.16. The fraction of sp³-hybridized carbons (Fsp3) is 0.357.